The number of carbonyl (C=O) groups is 2. The summed E-state index contributed by atoms with van der Waals surface area (Å²) in [7, 11) is 2.00. The maximum atomic E-state index is 13.3. The number of ether oxygens (including phenoxy) is 1. The van der Waals surface area contributed by atoms with Crippen molar-refractivity contribution in [3.05, 3.63) is 77.4 Å². The number of hydrogen-bond donors (Lipinski definition) is 1. The fraction of sp³-hybridized carbons (Fsp3) is 0.379. The molecule has 0 aliphatic carbocycles. The van der Waals surface area contributed by atoms with Crippen molar-refractivity contribution in [2.24, 2.45) is 0 Å². The fourth-order valence-corrected chi connectivity index (χ4v) is 4.44. The number of rotatable bonds is 5. The van der Waals surface area contributed by atoms with Crippen molar-refractivity contribution >= 4 is 28.5 Å². The second-order valence-corrected chi connectivity index (χ2v) is 10.4. The van der Waals surface area contributed by atoms with Gasteiger partial charge in [0.15, 0.2) is 0 Å². The highest BCUT2D eigenvalue weighted by Crippen LogP contribution is 2.27. The van der Waals surface area contributed by atoms with Crippen molar-refractivity contribution in [3.8, 4) is 0 Å². The number of hydrogen-bond acceptors (Lipinski definition) is 4. The fourth-order valence-electron chi connectivity index (χ4n) is 4.44. The maximum absolute atomic E-state index is 13.3. The Bertz CT molecular complexity index is 1240. The Kier molecular flexibility index (Phi) is 6.75. The van der Waals surface area contributed by atoms with Gasteiger partial charge in [-0.1, -0.05) is 48.5 Å². The number of likely N-dealkylation sites (N-methyl/N-ethyl adjacent to an activating group) is 1. The van der Waals surface area contributed by atoms with Gasteiger partial charge in [0.2, 0.25) is 0 Å². The standard InChI is InChI=1S/C29H35N3O3/c1-19-14-15-22(31(6)23-17-32(18-23)28(34)35-29(3,4)5)16-26(19)27(33)30-20(2)24-13-9-11-21-10-7-8-12-25(21)24/h7-16,20,23H,17-18H2,1-6H3,(H,30,33)/t20-/m1/s1. The number of anilines is 1. The summed E-state index contributed by atoms with van der Waals surface area (Å²) in [5.41, 5.74) is 3.13. The van der Waals surface area contributed by atoms with Crippen LogP contribution in [0.4, 0.5) is 10.5 Å². The average Bonchev–Trinajstić information content (AvgIpc) is 2.76. The molecule has 0 bridgehead atoms. The van der Waals surface area contributed by atoms with E-state index in [0.29, 0.717) is 18.7 Å². The molecule has 1 saturated heterocycles. The summed E-state index contributed by atoms with van der Waals surface area (Å²) in [6, 6.07) is 20.4. The Hall–Kier alpha value is -3.54. The van der Waals surface area contributed by atoms with Crippen molar-refractivity contribution in [2.45, 2.75) is 52.3 Å². The van der Waals surface area contributed by atoms with E-state index in [-0.39, 0.29) is 24.1 Å². The van der Waals surface area contributed by atoms with E-state index < -0.39 is 5.60 Å². The second kappa shape index (κ2) is 9.61. The summed E-state index contributed by atoms with van der Waals surface area (Å²) in [6.07, 6.45) is -0.284. The quantitative estimate of drug-likeness (QED) is 0.517. The van der Waals surface area contributed by atoms with Gasteiger partial charge in [-0.3, -0.25) is 4.79 Å². The Morgan fingerprint density at radius 1 is 1.06 bits per heavy atom. The minimum absolute atomic E-state index is 0.0952. The molecule has 0 aromatic heterocycles. The molecule has 3 aromatic carbocycles. The van der Waals surface area contributed by atoms with Gasteiger partial charge >= 0.3 is 6.09 Å². The first-order valence-corrected chi connectivity index (χ1v) is 12.1. The minimum atomic E-state index is -0.504. The van der Waals surface area contributed by atoms with Gasteiger partial charge < -0.3 is 19.9 Å². The smallest absolute Gasteiger partial charge is 0.410 e. The third-order valence-electron chi connectivity index (χ3n) is 6.57. The monoisotopic (exact) mass is 473 g/mol. The van der Waals surface area contributed by atoms with Crippen LogP contribution in [-0.4, -0.2) is 48.7 Å². The van der Waals surface area contributed by atoms with Gasteiger partial charge in [0.05, 0.1) is 12.1 Å². The molecule has 2 amide bonds. The summed E-state index contributed by atoms with van der Waals surface area (Å²) >= 11 is 0. The summed E-state index contributed by atoms with van der Waals surface area (Å²) < 4.78 is 5.46. The van der Waals surface area contributed by atoms with Crippen molar-refractivity contribution < 1.29 is 14.3 Å². The molecule has 6 nitrogen and oxygen atoms in total. The maximum Gasteiger partial charge on any atom is 0.410 e. The normalized spacial score (nSPS) is 14.9. The third kappa shape index (κ3) is 5.42. The number of nitrogens with zero attached hydrogens (tertiary/aromatic N) is 2. The molecule has 1 N–H and O–H groups in total. The zero-order chi connectivity index (χ0) is 25.3. The van der Waals surface area contributed by atoms with Gasteiger partial charge in [0.1, 0.15) is 5.60 Å². The van der Waals surface area contributed by atoms with Gasteiger partial charge in [-0.15, -0.1) is 0 Å². The van der Waals surface area contributed by atoms with Crippen LogP contribution in [-0.2, 0) is 4.74 Å². The lowest BCUT2D eigenvalue weighted by Gasteiger charge is -2.45. The highest BCUT2D eigenvalue weighted by atomic mass is 16.6. The van der Waals surface area contributed by atoms with Crippen LogP contribution in [0.3, 0.4) is 0 Å². The number of likely N-dealkylation sites (tertiary alicyclic amines) is 1. The van der Waals surface area contributed by atoms with Crippen LogP contribution in [0.15, 0.2) is 60.7 Å². The van der Waals surface area contributed by atoms with Crippen molar-refractivity contribution in [1.29, 1.82) is 0 Å². The number of aryl methyl sites for hydroxylation is 1. The molecule has 0 saturated carbocycles. The molecule has 0 unspecified atom stereocenters. The Labute approximate surface area is 207 Å². The van der Waals surface area contributed by atoms with E-state index in [1.165, 1.54) is 0 Å². The lowest BCUT2D eigenvalue weighted by atomic mass is 9.99. The molecular formula is C29H35N3O3. The summed E-state index contributed by atoms with van der Waals surface area (Å²) in [5, 5.41) is 5.49. The molecule has 35 heavy (non-hydrogen) atoms. The topological polar surface area (TPSA) is 61.9 Å². The molecule has 1 aliphatic heterocycles. The molecule has 0 spiro atoms. The van der Waals surface area contributed by atoms with Crippen LogP contribution in [0.1, 0.15) is 55.2 Å². The lowest BCUT2D eigenvalue weighted by molar-refractivity contribution is 0.00851. The van der Waals surface area contributed by atoms with Crippen LogP contribution in [0, 0.1) is 6.92 Å². The molecule has 6 heteroatoms. The first-order chi connectivity index (χ1) is 16.5. The third-order valence-corrected chi connectivity index (χ3v) is 6.57. The molecule has 1 heterocycles. The van der Waals surface area contributed by atoms with Crippen molar-refractivity contribution in [2.75, 3.05) is 25.0 Å². The van der Waals surface area contributed by atoms with E-state index in [1.807, 2.05) is 78.1 Å². The molecule has 1 atom stereocenters. The molecule has 1 fully saturated rings. The molecule has 4 rings (SSSR count). The van der Waals surface area contributed by atoms with Gasteiger partial charge in [0, 0.05) is 31.4 Å². The first kappa shape index (κ1) is 24.6. The van der Waals surface area contributed by atoms with E-state index in [9.17, 15) is 9.59 Å². The largest absolute Gasteiger partial charge is 0.444 e. The van der Waals surface area contributed by atoms with Crippen LogP contribution >= 0.6 is 0 Å². The van der Waals surface area contributed by atoms with Gasteiger partial charge in [-0.2, -0.15) is 0 Å². The Balaban J connectivity index is 1.44. The highest BCUT2D eigenvalue weighted by Gasteiger charge is 2.36. The van der Waals surface area contributed by atoms with Crippen molar-refractivity contribution in [1.82, 2.24) is 10.2 Å². The number of nitrogens with one attached hydrogen (secondary N) is 1. The van der Waals surface area contributed by atoms with E-state index in [0.717, 1.165) is 27.6 Å². The van der Waals surface area contributed by atoms with E-state index in [1.54, 1.807) is 4.90 Å². The van der Waals surface area contributed by atoms with Crippen LogP contribution in [0.25, 0.3) is 10.8 Å². The average molecular weight is 474 g/mol. The number of amides is 2. The predicted octanol–water partition coefficient (Wildman–Crippen LogP) is 5.69. The van der Waals surface area contributed by atoms with E-state index in [4.69, 9.17) is 4.74 Å². The first-order valence-electron chi connectivity index (χ1n) is 12.1. The second-order valence-electron chi connectivity index (χ2n) is 10.4. The SMILES string of the molecule is Cc1ccc(N(C)C2CN(C(=O)OC(C)(C)C)C2)cc1C(=O)N[C@H](C)c1cccc2ccccc12. The van der Waals surface area contributed by atoms with E-state index in [2.05, 4.69) is 34.5 Å². The van der Waals surface area contributed by atoms with Gasteiger partial charge in [-0.25, -0.2) is 4.79 Å². The zero-order valence-electron chi connectivity index (χ0n) is 21.5. The van der Waals surface area contributed by atoms with Gasteiger partial charge in [0.25, 0.3) is 5.91 Å². The summed E-state index contributed by atoms with van der Waals surface area (Å²) in [6.45, 7) is 10.8. The van der Waals surface area contributed by atoms with Gasteiger partial charge in [-0.05, 0) is 68.7 Å². The van der Waals surface area contributed by atoms with Crippen LogP contribution in [0.2, 0.25) is 0 Å². The highest BCUT2D eigenvalue weighted by molar-refractivity contribution is 5.97. The number of carbonyl (C=O) groups excluding carboxylic acids is 2. The van der Waals surface area contributed by atoms with Crippen molar-refractivity contribution in [3.63, 3.8) is 0 Å². The molecule has 3 aromatic rings. The Morgan fingerprint density at radius 2 is 1.74 bits per heavy atom. The molecular weight excluding hydrogens is 438 g/mol. The Morgan fingerprint density at radius 3 is 2.46 bits per heavy atom. The minimum Gasteiger partial charge on any atom is -0.444 e. The molecule has 1 aliphatic rings. The van der Waals surface area contributed by atoms with Crippen LogP contribution in [0.5, 0.6) is 0 Å². The van der Waals surface area contributed by atoms with E-state index >= 15 is 0 Å². The lowest BCUT2D eigenvalue weighted by Crippen LogP contribution is -2.61. The number of fused-ring (bicyclic) bond motifs is 1. The van der Waals surface area contributed by atoms with Crippen LogP contribution < -0.4 is 10.2 Å². The summed E-state index contributed by atoms with van der Waals surface area (Å²) in [4.78, 5) is 29.4. The zero-order valence-corrected chi connectivity index (χ0v) is 21.5. The summed E-state index contributed by atoms with van der Waals surface area (Å²) in [5.74, 6) is -0.0952. The number of benzene rings is 3. The molecule has 0 radical (unpaired) electrons. The molecule has 184 valence electrons. The predicted molar refractivity (Wildman–Crippen MR) is 141 cm³/mol.